The van der Waals surface area contributed by atoms with Crippen molar-refractivity contribution in [3.8, 4) is 17.2 Å². The van der Waals surface area contributed by atoms with Gasteiger partial charge in [0.2, 0.25) is 0 Å². The van der Waals surface area contributed by atoms with Crippen LogP contribution in [0, 0.1) is 13.8 Å². The van der Waals surface area contributed by atoms with Gasteiger partial charge in [-0.3, -0.25) is 5.01 Å². The maximum Gasteiger partial charge on any atom is 0.335 e. The molecule has 0 bridgehead atoms. The maximum absolute atomic E-state index is 12.0. The van der Waals surface area contributed by atoms with Gasteiger partial charge in [-0.15, -0.1) is 0 Å². The minimum Gasteiger partial charge on any atom is -0.496 e. The standard InChI is InChI=1S/C21H25N5O3/c1-14-11-23-26(12-14)16-8-9-19(15(2)10-16)29-13-17-18(24-21(27)25(3)22)6-5-7-20(17)28-4/h5-12H,13,22H2,1-4H3,(H,24,27). The zero-order valence-corrected chi connectivity index (χ0v) is 17.0. The van der Waals surface area contributed by atoms with Crippen molar-refractivity contribution in [2.75, 3.05) is 19.5 Å². The Balaban J connectivity index is 1.81. The lowest BCUT2D eigenvalue weighted by Crippen LogP contribution is -2.37. The molecule has 29 heavy (non-hydrogen) atoms. The molecule has 8 heteroatoms. The number of nitrogens with two attached hydrogens (primary N) is 1. The van der Waals surface area contributed by atoms with E-state index in [0.29, 0.717) is 11.4 Å². The van der Waals surface area contributed by atoms with E-state index in [1.165, 1.54) is 7.05 Å². The Morgan fingerprint density at radius 3 is 2.66 bits per heavy atom. The van der Waals surface area contributed by atoms with Gasteiger partial charge in [0.05, 0.1) is 30.2 Å². The van der Waals surface area contributed by atoms with E-state index in [9.17, 15) is 4.79 Å². The molecule has 0 aliphatic rings. The van der Waals surface area contributed by atoms with Gasteiger partial charge in [-0.1, -0.05) is 6.07 Å². The number of benzene rings is 2. The number of carbonyl (C=O) groups excluding carboxylic acids is 1. The highest BCUT2D eigenvalue weighted by Gasteiger charge is 2.14. The van der Waals surface area contributed by atoms with Crippen LogP contribution in [-0.2, 0) is 6.61 Å². The van der Waals surface area contributed by atoms with Crippen LogP contribution in [0.5, 0.6) is 11.5 Å². The zero-order valence-electron chi connectivity index (χ0n) is 17.0. The lowest BCUT2D eigenvalue weighted by molar-refractivity contribution is 0.223. The molecule has 2 aromatic carbocycles. The number of aromatic nitrogens is 2. The third-order valence-corrected chi connectivity index (χ3v) is 4.42. The van der Waals surface area contributed by atoms with Crippen LogP contribution in [0.25, 0.3) is 5.69 Å². The van der Waals surface area contributed by atoms with Crippen LogP contribution in [0.3, 0.4) is 0 Å². The summed E-state index contributed by atoms with van der Waals surface area (Å²) in [4.78, 5) is 12.0. The number of methoxy groups -OCH3 is 1. The second-order valence-electron chi connectivity index (χ2n) is 6.73. The van der Waals surface area contributed by atoms with Gasteiger partial charge in [0.25, 0.3) is 0 Å². The SMILES string of the molecule is COc1cccc(NC(=O)N(C)N)c1COc1ccc(-n2cc(C)cn2)cc1C. The molecule has 0 aliphatic carbocycles. The maximum atomic E-state index is 12.0. The van der Waals surface area contributed by atoms with Crippen LogP contribution >= 0.6 is 0 Å². The largest absolute Gasteiger partial charge is 0.496 e. The molecule has 3 aromatic rings. The summed E-state index contributed by atoms with van der Waals surface area (Å²) in [6, 6.07) is 10.8. The lowest BCUT2D eigenvalue weighted by atomic mass is 10.1. The highest BCUT2D eigenvalue weighted by Crippen LogP contribution is 2.29. The molecule has 0 unspecified atom stereocenters. The number of rotatable bonds is 6. The summed E-state index contributed by atoms with van der Waals surface area (Å²) in [6.45, 7) is 4.19. The highest BCUT2D eigenvalue weighted by molar-refractivity contribution is 5.90. The van der Waals surface area contributed by atoms with E-state index < -0.39 is 6.03 Å². The van der Waals surface area contributed by atoms with Gasteiger partial charge in [0.1, 0.15) is 18.1 Å². The molecule has 152 valence electrons. The average Bonchev–Trinajstić information content (AvgIpc) is 3.13. The Morgan fingerprint density at radius 2 is 2.03 bits per heavy atom. The third-order valence-electron chi connectivity index (χ3n) is 4.42. The topological polar surface area (TPSA) is 94.6 Å². The first-order chi connectivity index (χ1) is 13.9. The molecule has 0 spiro atoms. The van der Waals surface area contributed by atoms with Crippen LogP contribution in [0.1, 0.15) is 16.7 Å². The van der Waals surface area contributed by atoms with Crippen molar-refractivity contribution in [2.24, 2.45) is 5.84 Å². The molecule has 2 amide bonds. The summed E-state index contributed by atoms with van der Waals surface area (Å²) in [5, 5.41) is 8.07. The fraction of sp³-hybridized carbons (Fsp3) is 0.238. The van der Waals surface area contributed by atoms with Crippen molar-refractivity contribution in [2.45, 2.75) is 20.5 Å². The van der Waals surface area contributed by atoms with E-state index in [1.54, 1.807) is 19.2 Å². The number of urea groups is 1. The van der Waals surface area contributed by atoms with E-state index in [-0.39, 0.29) is 6.61 Å². The van der Waals surface area contributed by atoms with E-state index in [0.717, 1.165) is 33.1 Å². The first kappa shape index (κ1) is 20.2. The Labute approximate surface area is 169 Å². The van der Waals surface area contributed by atoms with Crippen molar-refractivity contribution >= 4 is 11.7 Å². The predicted molar refractivity (Wildman–Crippen MR) is 111 cm³/mol. The minimum atomic E-state index is -0.436. The number of anilines is 1. The van der Waals surface area contributed by atoms with Gasteiger partial charge >= 0.3 is 6.03 Å². The number of nitrogens with one attached hydrogen (secondary N) is 1. The smallest absolute Gasteiger partial charge is 0.335 e. The molecule has 3 N–H and O–H groups in total. The van der Waals surface area contributed by atoms with Gasteiger partial charge < -0.3 is 14.8 Å². The Bertz CT molecular complexity index is 1010. The summed E-state index contributed by atoms with van der Waals surface area (Å²) >= 11 is 0. The second-order valence-corrected chi connectivity index (χ2v) is 6.73. The fourth-order valence-corrected chi connectivity index (χ4v) is 2.87. The Hall–Kier alpha value is -3.52. The summed E-state index contributed by atoms with van der Waals surface area (Å²) in [7, 11) is 3.04. The number of aryl methyl sites for hydroxylation is 2. The van der Waals surface area contributed by atoms with Crippen LogP contribution in [0.4, 0.5) is 10.5 Å². The molecule has 0 atom stereocenters. The van der Waals surface area contributed by atoms with Gasteiger partial charge in [0.15, 0.2) is 0 Å². The van der Waals surface area contributed by atoms with E-state index in [4.69, 9.17) is 15.3 Å². The number of amides is 2. The predicted octanol–water partition coefficient (Wildman–Crippen LogP) is 3.41. The molecule has 3 rings (SSSR count). The van der Waals surface area contributed by atoms with Gasteiger partial charge in [-0.2, -0.15) is 5.10 Å². The monoisotopic (exact) mass is 395 g/mol. The van der Waals surface area contributed by atoms with Crippen molar-refractivity contribution in [3.63, 3.8) is 0 Å². The minimum absolute atomic E-state index is 0.217. The Kier molecular flexibility index (Phi) is 6.04. The van der Waals surface area contributed by atoms with Crippen molar-refractivity contribution < 1.29 is 14.3 Å². The third kappa shape index (κ3) is 4.67. The van der Waals surface area contributed by atoms with Gasteiger partial charge in [0, 0.05) is 13.2 Å². The Morgan fingerprint density at radius 1 is 1.24 bits per heavy atom. The van der Waals surface area contributed by atoms with Crippen LogP contribution in [0.2, 0.25) is 0 Å². The number of ether oxygens (including phenoxy) is 2. The second kappa shape index (κ2) is 8.66. The van der Waals surface area contributed by atoms with Crippen LogP contribution in [-0.4, -0.2) is 35.0 Å². The molecule has 0 saturated carbocycles. The molecule has 0 saturated heterocycles. The highest BCUT2D eigenvalue weighted by atomic mass is 16.5. The molecular formula is C21H25N5O3. The molecule has 0 aliphatic heterocycles. The van der Waals surface area contributed by atoms with Gasteiger partial charge in [-0.05, 0) is 55.3 Å². The van der Waals surface area contributed by atoms with Crippen molar-refractivity contribution in [1.82, 2.24) is 14.8 Å². The number of carbonyl (C=O) groups is 1. The lowest BCUT2D eigenvalue weighted by Gasteiger charge is -2.18. The summed E-state index contributed by atoms with van der Waals surface area (Å²) in [5.74, 6) is 6.85. The molecule has 8 nitrogen and oxygen atoms in total. The van der Waals surface area contributed by atoms with E-state index in [2.05, 4.69) is 10.4 Å². The molecular weight excluding hydrogens is 370 g/mol. The molecule has 1 aromatic heterocycles. The number of hydrogen-bond acceptors (Lipinski definition) is 5. The first-order valence-corrected chi connectivity index (χ1v) is 9.09. The molecule has 0 fully saturated rings. The van der Waals surface area contributed by atoms with E-state index >= 15 is 0 Å². The summed E-state index contributed by atoms with van der Waals surface area (Å²) in [5.41, 5.74) is 4.32. The van der Waals surface area contributed by atoms with Crippen LogP contribution in [0.15, 0.2) is 48.8 Å². The summed E-state index contributed by atoms with van der Waals surface area (Å²) in [6.07, 6.45) is 3.78. The van der Waals surface area contributed by atoms with Crippen LogP contribution < -0.4 is 20.6 Å². The van der Waals surface area contributed by atoms with Gasteiger partial charge in [-0.25, -0.2) is 15.3 Å². The normalized spacial score (nSPS) is 10.5. The first-order valence-electron chi connectivity index (χ1n) is 9.09. The zero-order chi connectivity index (χ0) is 21.0. The molecule has 0 radical (unpaired) electrons. The number of hydrogen-bond donors (Lipinski definition) is 2. The van der Waals surface area contributed by atoms with Crippen molar-refractivity contribution in [3.05, 3.63) is 65.5 Å². The van der Waals surface area contributed by atoms with Crippen molar-refractivity contribution in [1.29, 1.82) is 0 Å². The number of hydrazine groups is 1. The quantitative estimate of drug-likeness (QED) is 0.379. The van der Waals surface area contributed by atoms with E-state index in [1.807, 2.05) is 55.2 Å². The fourth-order valence-electron chi connectivity index (χ4n) is 2.87. The molecule has 1 heterocycles. The number of nitrogens with zero attached hydrogens (tertiary/aromatic N) is 3. The summed E-state index contributed by atoms with van der Waals surface area (Å²) < 4.78 is 13.3. The average molecular weight is 395 g/mol.